The smallest absolute Gasteiger partial charge is 0.160 e. The van der Waals surface area contributed by atoms with E-state index in [1.807, 2.05) is 0 Å². The molecule has 0 spiro atoms. The first-order valence-electron chi connectivity index (χ1n) is 13.4. The molecule has 0 radical (unpaired) electrons. The highest BCUT2D eigenvalue weighted by atomic mass is 16.3. The topological polar surface area (TPSA) is 16.4 Å². The first kappa shape index (κ1) is 20.9. The average molecular weight is 498 g/mol. The van der Waals surface area contributed by atoms with Crippen molar-refractivity contribution in [3.05, 3.63) is 127 Å². The number of aryl methyl sites for hydroxylation is 1. The van der Waals surface area contributed by atoms with E-state index < -0.39 is 0 Å². The fraction of sp³-hybridized carbons (Fsp3) is 0.0270. The average Bonchev–Trinajstić information content (AvgIpc) is 3.39. The van der Waals surface area contributed by atoms with Gasteiger partial charge in [-0.05, 0) is 80.5 Å². The van der Waals surface area contributed by atoms with Crippen LogP contribution < -0.4 is 4.90 Å². The van der Waals surface area contributed by atoms with Crippen LogP contribution in [0.15, 0.2) is 126 Å². The Morgan fingerprint density at radius 1 is 0.462 bits per heavy atom. The molecule has 0 aliphatic rings. The van der Waals surface area contributed by atoms with E-state index in [2.05, 4.69) is 133 Å². The van der Waals surface area contributed by atoms with Crippen LogP contribution in [-0.4, -0.2) is 0 Å². The number of furan rings is 1. The highest BCUT2D eigenvalue weighted by Crippen LogP contribution is 2.48. The third-order valence-corrected chi connectivity index (χ3v) is 8.49. The zero-order chi connectivity index (χ0) is 25.7. The molecule has 2 nitrogen and oxygen atoms in total. The predicted molar refractivity (Wildman–Crippen MR) is 166 cm³/mol. The Bertz CT molecular complexity index is 2340. The summed E-state index contributed by atoms with van der Waals surface area (Å²) in [4.78, 5) is 2.37. The van der Waals surface area contributed by atoms with Crippen LogP contribution in [-0.2, 0) is 0 Å². The van der Waals surface area contributed by atoms with E-state index in [0.717, 1.165) is 28.2 Å². The van der Waals surface area contributed by atoms with Gasteiger partial charge in [0.2, 0.25) is 0 Å². The van der Waals surface area contributed by atoms with Crippen LogP contribution in [0, 0.1) is 6.92 Å². The Labute approximate surface area is 225 Å². The van der Waals surface area contributed by atoms with Crippen LogP contribution in [0.25, 0.3) is 65.0 Å². The minimum absolute atomic E-state index is 0.921. The van der Waals surface area contributed by atoms with Gasteiger partial charge in [-0.2, -0.15) is 0 Å². The fourth-order valence-corrected chi connectivity index (χ4v) is 6.70. The largest absolute Gasteiger partial charge is 0.454 e. The normalized spacial score (nSPS) is 12.2. The van der Waals surface area contributed by atoms with Gasteiger partial charge in [0.05, 0.1) is 11.4 Å². The molecule has 9 rings (SSSR count). The van der Waals surface area contributed by atoms with Crippen molar-refractivity contribution in [2.75, 3.05) is 4.90 Å². The Morgan fingerprint density at radius 2 is 1.08 bits per heavy atom. The standard InChI is InChI=1S/C37H23NO/c1-22-10-11-24-15-19-29-30(20-16-25-14-18-28(22)33(24)34(25)29)38(27-7-3-2-4-8-27)31-21-17-26-13-12-23-6-5-9-32-35(23)36(26)37(31)39-32/h2-21H,1H3. The monoisotopic (exact) mass is 497 g/mol. The lowest BCUT2D eigenvalue weighted by Crippen LogP contribution is -2.11. The zero-order valence-electron chi connectivity index (χ0n) is 21.4. The lowest BCUT2D eigenvalue weighted by molar-refractivity contribution is 0.669. The second kappa shape index (κ2) is 7.49. The molecule has 0 N–H and O–H groups in total. The SMILES string of the molecule is Cc1ccc2ccc3c(N(c4ccccc4)c4ccc5ccc6cccc7oc4c5c67)ccc4ccc1c2c43. The van der Waals surface area contributed by atoms with Crippen molar-refractivity contribution >= 4 is 82.1 Å². The maximum absolute atomic E-state index is 6.67. The molecular formula is C37H23NO. The van der Waals surface area contributed by atoms with Gasteiger partial charge in [0, 0.05) is 21.8 Å². The molecule has 0 saturated heterocycles. The van der Waals surface area contributed by atoms with Crippen LogP contribution in [0.3, 0.4) is 0 Å². The molecular weight excluding hydrogens is 474 g/mol. The van der Waals surface area contributed by atoms with Crippen LogP contribution in [0.4, 0.5) is 17.1 Å². The molecule has 0 bridgehead atoms. The van der Waals surface area contributed by atoms with Crippen molar-refractivity contribution in [2.24, 2.45) is 0 Å². The molecule has 8 aromatic carbocycles. The van der Waals surface area contributed by atoms with Gasteiger partial charge in [0.25, 0.3) is 0 Å². The van der Waals surface area contributed by atoms with E-state index >= 15 is 0 Å². The van der Waals surface area contributed by atoms with E-state index in [0.29, 0.717) is 0 Å². The van der Waals surface area contributed by atoms with Crippen molar-refractivity contribution in [3.63, 3.8) is 0 Å². The quantitative estimate of drug-likeness (QED) is 0.226. The Hall–Kier alpha value is -5.08. The molecule has 0 fully saturated rings. The molecule has 1 aromatic heterocycles. The van der Waals surface area contributed by atoms with Gasteiger partial charge in [-0.15, -0.1) is 0 Å². The van der Waals surface area contributed by atoms with Crippen molar-refractivity contribution in [1.82, 2.24) is 0 Å². The van der Waals surface area contributed by atoms with E-state index in [4.69, 9.17) is 4.42 Å². The highest BCUT2D eigenvalue weighted by molar-refractivity contribution is 6.28. The zero-order valence-corrected chi connectivity index (χ0v) is 21.4. The molecule has 182 valence electrons. The van der Waals surface area contributed by atoms with Crippen LogP contribution in [0.1, 0.15) is 5.56 Å². The maximum Gasteiger partial charge on any atom is 0.160 e. The molecule has 0 amide bonds. The number of anilines is 3. The molecule has 9 aromatic rings. The second-order valence-corrected chi connectivity index (χ2v) is 10.6. The molecule has 0 unspecified atom stereocenters. The van der Waals surface area contributed by atoms with Gasteiger partial charge >= 0.3 is 0 Å². The summed E-state index contributed by atoms with van der Waals surface area (Å²) < 4.78 is 6.67. The summed E-state index contributed by atoms with van der Waals surface area (Å²) in [6.07, 6.45) is 0. The summed E-state index contributed by atoms with van der Waals surface area (Å²) in [6.45, 7) is 2.20. The van der Waals surface area contributed by atoms with Gasteiger partial charge in [0.15, 0.2) is 5.58 Å². The van der Waals surface area contributed by atoms with E-state index in [1.165, 1.54) is 59.4 Å². The molecule has 1 heterocycles. The van der Waals surface area contributed by atoms with Gasteiger partial charge in [-0.1, -0.05) is 91.0 Å². The predicted octanol–water partition coefficient (Wildman–Crippen LogP) is 10.9. The van der Waals surface area contributed by atoms with E-state index in [1.54, 1.807) is 0 Å². The molecule has 2 heteroatoms. The third kappa shape index (κ3) is 2.75. The number of nitrogens with zero attached hydrogens (tertiary/aromatic N) is 1. The van der Waals surface area contributed by atoms with Gasteiger partial charge in [-0.25, -0.2) is 0 Å². The molecule has 0 atom stereocenters. The number of rotatable bonds is 3. The van der Waals surface area contributed by atoms with Crippen LogP contribution >= 0.6 is 0 Å². The van der Waals surface area contributed by atoms with Crippen molar-refractivity contribution in [3.8, 4) is 0 Å². The summed E-state index contributed by atoms with van der Waals surface area (Å²) in [5.74, 6) is 0. The molecule has 39 heavy (non-hydrogen) atoms. The summed E-state index contributed by atoms with van der Waals surface area (Å²) in [5.41, 5.74) is 6.45. The number of hydrogen-bond acceptors (Lipinski definition) is 2. The van der Waals surface area contributed by atoms with Gasteiger partial charge in [0.1, 0.15) is 5.58 Å². The lowest BCUT2D eigenvalue weighted by atomic mass is 9.91. The van der Waals surface area contributed by atoms with Crippen LogP contribution in [0.2, 0.25) is 0 Å². The number of hydrogen-bond donors (Lipinski definition) is 0. The summed E-state index contributed by atoms with van der Waals surface area (Å²) >= 11 is 0. The molecule has 0 saturated carbocycles. The van der Waals surface area contributed by atoms with E-state index in [-0.39, 0.29) is 0 Å². The number of para-hydroxylation sites is 1. The summed E-state index contributed by atoms with van der Waals surface area (Å²) in [6, 6.07) is 43.9. The first-order chi connectivity index (χ1) is 19.3. The summed E-state index contributed by atoms with van der Waals surface area (Å²) in [5, 5.41) is 12.6. The fourth-order valence-electron chi connectivity index (χ4n) is 6.70. The van der Waals surface area contributed by atoms with Crippen molar-refractivity contribution < 1.29 is 4.42 Å². The minimum Gasteiger partial charge on any atom is -0.454 e. The Morgan fingerprint density at radius 3 is 1.90 bits per heavy atom. The molecule has 0 aliphatic carbocycles. The lowest BCUT2D eigenvalue weighted by Gasteiger charge is -2.28. The highest BCUT2D eigenvalue weighted by Gasteiger charge is 2.23. The summed E-state index contributed by atoms with van der Waals surface area (Å²) in [7, 11) is 0. The van der Waals surface area contributed by atoms with Crippen LogP contribution in [0.5, 0.6) is 0 Å². The van der Waals surface area contributed by atoms with E-state index in [9.17, 15) is 0 Å². The van der Waals surface area contributed by atoms with Crippen molar-refractivity contribution in [1.29, 1.82) is 0 Å². The third-order valence-electron chi connectivity index (χ3n) is 8.49. The van der Waals surface area contributed by atoms with Gasteiger partial charge in [-0.3, -0.25) is 0 Å². The Balaban J connectivity index is 1.43. The molecule has 0 aliphatic heterocycles. The maximum atomic E-state index is 6.67. The number of benzene rings is 8. The Kier molecular flexibility index (Phi) is 4.02. The first-order valence-corrected chi connectivity index (χ1v) is 13.4. The minimum atomic E-state index is 0.921. The van der Waals surface area contributed by atoms with Gasteiger partial charge < -0.3 is 9.32 Å². The van der Waals surface area contributed by atoms with Crippen molar-refractivity contribution in [2.45, 2.75) is 6.92 Å². The second-order valence-electron chi connectivity index (χ2n) is 10.6.